The molecule has 0 aliphatic rings. The highest BCUT2D eigenvalue weighted by atomic mass is 79.9. The third-order valence-electron chi connectivity index (χ3n) is 1.51. The van der Waals surface area contributed by atoms with Crippen molar-refractivity contribution in [3.8, 4) is 5.75 Å². The minimum absolute atomic E-state index is 0.0989. The SMILES string of the molecule is O=[N+]([O-])/C(Cl)=C/c1cc(Br)cc(Br)c1O. The molecule has 0 atom stereocenters. The van der Waals surface area contributed by atoms with Gasteiger partial charge in [-0.25, -0.2) is 0 Å². The van der Waals surface area contributed by atoms with E-state index in [1.165, 1.54) is 6.07 Å². The average Bonchev–Trinajstić information content (AvgIpc) is 2.13. The fourth-order valence-electron chi connectivity index (χ4n) is 0.877. The number of phenols is 1. The van der Waals surface area contributed by atoms with Gasteiger partial charge in [0.05, 0.1) is 9.40 Å². The van der Waals surface area contributed by atoms with Gasteiger partial charge in [-0.05, 0) is 39.7 Å². The predicted molar refractivity (Wildman–Crippen MR) is 64.3 cm³/mol. The van der Waals surface area contributed by atoms with Gasteiger partial charge in [-0.1, -0.05) is 15.9 Å². The topological polar surface area (TPSA) is 63.4 Å². The molecule has 0 saturated heterocycles. The van der Waals surface area contributed by atoms with Crippen LogP contribution in [0.15, 0.2) is 26.2 Å². The molecule has 0 radical (unpaired) electrons. The molecule has 0 amide bonds. The van der Waals surface area contributed by atoms with Crippen molar-refractivity contribution in [1.29, 1.82) is 0 Å². The molecule has 0 heterocycles. The van der Waals surface area contributed by atoms with E-state index in [4.69, 9.17) is 11.6 Å². The molecule has 0 fully saturated rings. The molecule has 0 bridgehead atoms. The summed E-state index contributed by atoms with van der Waals surface area (Å²) in [6.45, 7) is 0. The van der Waals surface area contributed by atoms with Crippen LogP contribution in [0.1, 0.15) is 5.56 Å². The number of hydrogen-bond acceptors (Lipinski definition) is 3. The van der Waals surface area contributed by atoms with E-state index in [1.54, 1.807) is 6.07 Å². The number of aromatic hydroxyl groups is 1. The van der Waals surface area contributed by atoms with E-state index in [2.05, 4.69) is 31.9 Å². The molecule has 0 spiro atoms. The van der Waals surface area contributed by atoms with Gasteiger partial charge in [0.2, 0.25) is 0 Å². The molecule has 1 aromatic carbocycles. The Hall–Kier alpha value is -0.590. The number of halogens is 3. The lowest BCUT2D eigenvalue weighted by Crippen LogP contribution is -1.90. The summed E-state index contributed by atoms with van der Waals surface area (Å²) in [6, 6.07) is 3.14. The van der Waals surface area contributed by atoms with Crippen LogP contribution >= 0.6 is 43.5 Å². The van der Waals surface area contributed by atoms with Crippen LogP contribution in [0.2, 0.25) is 0 Å². The Balaban J connectivity index is 3.26. The maximum atomic E-state index is 10.3. The molecule has 15 heavy (non-hydrogen) atoms. The summed E-state index contributed by atoms with van der Waals surface area (Å²) in [7, 11) is 0. The summed E-state index contributed by atoms with van der Waals surface area (Å²) in [4.78, 5) is 9.54. The van der Waals surface area contributed by atoms with Crippen LogP contribution in [0.25, 0.3) is 6.08 Å². The zero-order chi connectivity index (χ0) is 11.6. The second-order valence-electron chi connectivity index (χ2n) is 2.55. The van der Waals surface area contributed by atoms with Crippen molar-refractivity contribution in [3.63, 3.8) is 0 Å². The van der Waals surface area contributed by atoms with E-state index in [-0.39, 0.29) is 11.3 Å². The highest BCUT2D eigenvalue weighted by Crippen LogP contribution is 2.33. The van der Waals surface area contributed by atoms with Crippen molar-refractivity contribution in [1.82, 2.24) is 0 Å². The summed E-state index contributed by atoms with van der Waals surface area (Å²) in [5.74, 6) is -0.0989. The number of nitro groups is 1. The first-order valence-electron chi connectivity index (χ1n) is 3.61. The number of phenolic OH excluding ortho intramolecular Hbond substituents is 1. The molecule has 0 unspecified atom stereocenters. The first-order valence-corrected chi connectivity index (χ1v) is 5.58. The Morgan fingerprint density at radius 1 is 1.53 bits per heavy atom. The van der Waals surface area contributed by atoms with E-state index in [0.29, 0.717) is 8.95 Å². The molecule has 0 aliphatic carbocycles. The number of nitrogens with zero attached hydrogens (tertiary/aromatic N) is 1. The first kappa shape index (κ1) is 12.5. The predicted octanol–water partition coefficient (Wildman–Crippen LogP) is 3.73. The zero-order valence-corrected chi connectivity index (χ0v) is 11.0. The molecule has 4 nitrogen and oxygen atoms in total. The summed E-state index contributed by atoms with van der Waals surface area (Å²) in [6.07, 6.45) is 1.08. The largest absolute Gasteiger partial charge is 0.506 e. The Bertz CT molecular complexity index is 448. The first-order chi connectivity index (χ1) is 6.91. The van der Waals surface area contributed by atoms with Gasteiger partial charge < -0.3 is 5.11 Å². The van der Waals surface area contributed by atoms with Crippen molar-refractivity contribution in [3.05, 3.63) is 41.9 Å². The average molecular weight is 357 g/mol. The van der Waals surface area contributed by atoms with Crippen LogP contribution in [0.5, 0.6) is 5.75 Å². The summed E-state index contributed by atoms with van der Waals surface area (Å²) >= 11 is 11.6. The molecule has 1 aromatic rings. The number of rotatable bonds is 2. The van der Waals surface area contributed by atoms with Gasteiger partial charge in [0.1, 0.15) is 5.75 Å². The van der Waals surface area contributed by atoms with Crippen molar-refractivity contribution < 1.29 is 10.0 Å². The van der Waals surface area contributed by atoms with Gasteiger partial charge in [0, 0.05) is 16.1 Å². The Morgan fingerprint density at radius 3 is 2.67 bits per heavy atom. The van der Waals surface area contributed by atoms with Crippen LogP contribution in [0.3, 0.4) is 0 Å². The fraction of sp³-hybridized carbons (Fsp3) is 0. The molecule has 1 rings (SSSR count). The van der Waals surface area contributed by atoms with Crippen LogP contribution in [0, 0.1) is 10.1 Å². The van der Waals surface area contributed by atoms with E-state index in [1.807, 2.05) is 0 Å². The van der Waals surface area contributed by atoms with Crippen LogP contribution < -0.4 is 0 Å². The van der Waals surface area contributed by atoms with Gasteiger partial charge in [-0.3, -0.25) is 10.1 Å². The molecule has 1 N–H and O–H groups in total. The standard InChI is InChI=1S/C8H4Br2ClNO3/c9-5-1-4(2-7(11)12(14)15)8(13)6(10)3-5/h1-3,13H/b7-2+. The third kappa shape index (κ3) is 3.19. The monoisotopic (exact) mass is 355 g/mol. The normalized spacial score (nSPS) is 11.5. The maximum absolute atomic E-state index is 10.3. The number of benzene rings is 1. The fourth-order valence-corrected chi connectivity index (χ4v) is 2.25. The molecular formula is C8H4Br2ClNO3. The van der Waals surface area contributed by atoms with Crippen LogP contribution in [-0.2, 0) is 0 Å². The van der Waals surface area contributed by atoms with E-state index in [0.717, 1.165) is 6.08 Å². The minimum Gasteiger partial charge on any atom is -0.506 e. The van der Waals surface area contributed by atoms with E-state index < -0.39 is 10.1 Å². The van der Waals surface area contributed by atoms with Gasteiger partial charge in [0.15, 0.2) is 0 Å². The van der Waals surface area contributed by atoms with Gasteiger partial charge >= 0.3 is 5.16 Å². The summed E-state index contributed by atoms with van der Waals surface area (Å²) in [5.41, 5.74) is 0.262. The van der Waals surface area contributed by atoms with E-state index >= 15 is 0 Å². The molecule has 0 aromatic heterocycles. The van der Waals surface area contributed by atoms with E-state index in [9.17, 15) is 15.2 Å². The van der Waals surface area contributed by atoms with Gasteiger partial charge in [0.25, 0.3) is 0 Å². The highest BCUT2D eigenvalue weighted by molar-refractivity contribution is 9.11. The quantitative estimate of drug-likeness (QED) is 0.498. The highest BCUT2D eigenvalue weighted by Gasteiger charge is 2.11. The Labute approximate surface area is 107 Å². The smallest absolute Gasteiger partial charge is 0.337 e. The van der Waals surface area contributed by atoms with Crippen molar-refractivity contribution in [2.24, 2.45) is 0 Å². The second kappa shape index (κ2) is 4.96. The Kier molecular flexibility index (Phi) is 4.12. The van der Waals surface area contributed by atoms with Gasteiger partial charge in [-0.2, -0.15) is 0 Å². The summed E-state index contributed by atoms with van der Waals surface area (Å²) in [5, 5.41) is 19.3. The molecule has 0 saturated carbocycles. The van der Waals surface area contributed by atoms with Crippen LogP contribution in [0.4, 0.5) is 0 Å². The van der Waals surface area contributed by atoms with Gasteiger partial charge in [-0.15, -0.1) is 0 Å². The van der Waals surface area contributed by atoms with Crippen molar-refractivity contribution in [2.75, 3.05) is 0 Å². The second-order valence-corrected chi connectivity index (χ2v) is 4.71. The van der Waals surface area contributed by atoms with Crippen molar-refractivity contribution in [2.45, 2.75) is 0 Å². The Morgan fingerprint density at radius 2 is 2.13 bits per heavy atom. The van der Waals surface area contributed by atoms with Crippen molar-refractivity contribution >= 4 is 49.5 Å². The third-order valence-corrected chi connectivity index (χ3v) is 2.82. The maximum Gasteiger partial charge on any atom is 0.337 e. The lowest BCUT2D eigenvalue weighted by Gasteiger charge is -2.02. The number of hydrogen-bond donors (Lipinski definition) is 1. The lowest BCUT2D eigenvalue weighted by molar-refractivity contribution is -0.410. The minimum atomic E-state index is -0.740. The zero-order valence-electron chi connectivity index (χ0n) is 7.08. The molecule has 0 aliphatic heterocycles. The lowest BCUT2D eigenvalue weighted by atomic mass is 10.2. The molecule has 80 valence electrons. The van der Waals surface area contributed by atoms with Crippen LogP contribution in [-0.4, -0.2) is 10.0 Å². The summed E-state index contributed by atoms with van der Waals surface area (Å²) < 4.78 is 1.10. The molecule has 7 heteroatoms. The molecular weight excluding hydrogens is 353 g/mol.